The lowest BCUT2D eigenvalue weighted by Gasteiger charge is -2.20. The van der Waals surface area contributed by atoms with Crippen LogP contribution in [0.15, 0.2) is 18.3 Å². The maximum Gasteiger partial charge on any atom is 0.218 e. The third-order valence-corrected chi connectivity index (χ3v) is 4.33. The van der Waals surface area contributed by atoms with Gasteiger partial charge in [-0.2, -0.15) is 0 Å². The first kappa shape index (κ1) is 16.2. The molecule has 0 amide bonds. The van der Waals surface area contributed by atoms with E-state index in [1.54, 1.807) is 0 Å². The van der Waals surface area contributed by atoms with Crippen molar-refractivity contribution in [1.29, 1.82) is 0 Å². The summed E-state index contributed by atoms with van der Waals surface area (Å²) in [6.45, 7) is 7.34. The second-order valence-corrected chi connectivity index (χ2v) is 5.99. The standard InChI is InChI=1S/C17H29N3O/c1-4-10-18-14(2)16-8-5-11-19-17(16)21-13-9-15-7-6-12-20(15)3/h5,8,11,14-15,18H,4,6-7,9-10,12-13H2,1-3H3. The number of hydrogen-bond acceptors (Lipinski definition) is 4. The van der Waals surface area contributed by atoms with E-state index in [1.807, 2.05) is 12.3 Å². The van der Waals surface area contributed by atoms with Crippen LogP contribution < -0.4 is 10.1 Å². The number of aromatic nitrogens is 1. The summed E-state index contributed by atoms with van der Waals surface area (Å²) in [4.78, 5) is 6.85. The van der Waals surface area contributed by atoms with Gasteiger partial charge in [0.15, 0.2) is 0 Å². The maximum absolute atomic E-state index is 5.97. The molecular formula is C17H29N3O. The maximum atomic E-state index is 5.97. The summed E-state index contributed by atoms with van der Waals surface area (Å²) in [6, 6.07) is 5.05. The fourth-order valence-corrected chi connectivity index (χ4v) is 2.96. The van der Waals surface area contributed by atoms with Gasteiger partial charge in [-0.1, -0.05) is 13.0 Å². The number of pyridine rings is 1. The molecule has 2 unspecified atom stereocenters. The first-order chi connectivity index (χ1) is 10.2. The lowest BCUT2D eigenvalue weighted by molar-refractivity contribution is 0.226. The Morgan fingerprint density at radius 1 is 1.52 bits per heavy atom. The monoisotopic (exact) mass is 291 g/mol. The molecular weight excluding hydrogens is 262 g/mol. The Morgan fingerprint density at radius 3 is 3.10 bits per heavy atom. The Balaban J connectivity index is 1.87. The molecule has 0 saturated carbocycles. The Morgan fingerprint density at radius 2 is 2.38 bits per heavy atom. The summed E-state index contributed by atoms with van der Waals surface area (Å²) in [5.41, 5.74) is 1.16. The molecule has 1 aromatic heterocycles. The number of hydrogen-bond donors (Lipinski definition) is 1. The molecule has 1 saturated heterocycles. The van der Waals surface area contributed by atoms with Gasteiger partial charge >= 0.3 is 0 Å². The van der Waals surface area contributed by atoms with Gasteiger partial charge < -0.3 is 15.0 Å². The zero-order valence-electron chi connectivity index (χ0n) is 13.6. The zero-order chi connectivity index (χ0) is 15.1. The van der Waals surface area contributed by atoms with Gasteiger partial charge in [0.25, 0.3) is 0 Å². The highest BCUT2D eigenvalue weighted by Gasteiger charge is 2.20. The molecule has 1 aliphatic heterocycles. The van der Waals surface area contributed by atoms with Crippen LogP contribution in [0.25, 0.3) is 0 Å². The molecule has 2 rings (SSSR count). The molecule has 4 heteroatoms. The van der Waals surface area contributed by atoms with Crippen molar-refractivity contribution in [2.45, 2.75) is 51.6 Å². The lowest BCUT2D eigenvalue weighted by Crippen LogP contribution is -2.27. The second kappa shape index (κ2) is 8.35. The highest BCUT2D eigenvalue weighted by molar-refractivity contribution is 5.28. The fourth-order valence-electron chi connectivity index (χ4n) is 2.96. The molecule has 2 heterocycles. The SMILES string of the molecule is CCCNC(C)c1cccnc1OCCC1CCCN1C. The molecule has 1 N–H and O–H groups in total. The van der Waals surface area contributed by atoms with Crippen LogP contribution >= 0.6 is 0 Å². The molecule has 0 aliphatic carbocycles. The summed E-state index contributed by atoms with van der Waals surface area (Å²) in [5, 5.41) is 3.50. The summed E-state index contributed by atoms with van der Waals surface area (Å²) >= 11 is 0. The van der Waals surface area contributed by atoms with E-state index in [9.17, 15) is 0 Å². The van der Waals surface area contributed by atoms with Crippen LogP contribution in [0, 0.1) is 0 Å². The molecule has 1 aromatic rings. The van der Waals surface area contributed by atoms with Gasteiger partial charge in [-0.15, -0.1) is 0 Å². The Hall–Kier alpha value is -1.13. The number of ether oxygens (including phenoxy) is 1. The minimum Gasteiger partial charge on any atom is -0.477 e. The van der Waals surface area contributed by atoms with Gasteiger partial charge in [0.05, 0.1) is 6.61 Å². The quantitative estimate of drug-likeness (QED) is 0.799. The van der Waals surface area contributed by atoms with Gasteiger partial charge in [-0.3, -0.25) is 0 Å². The highest BCUT2D eigenvalue weighted by Crippen LogP contribution is 2.23. The molecule has 0 radical (unpaired) electrons. The summed E-state index contributed by atoms with van der Waals surface area (Å²) < 4.78 is 5.97. The molecule has 21 heavy (non-hydrogen) atoms. The predicted octanol–water partition coefficient (Wildman–Crippen LogP) is 3.01. The van der Waals surface area contributed by atoms with Crippen molar-refractivity contribution in [2.24, 2.45) is 0 Å². The van der Waals surface area contributed by atoms with Crippen molar-refractivity contribution in [3.8, 4) is 5.88 Å². The van der Waals surface area contributed by atoms with Gasteiger partial charge in [-0.25, -0.2) is 4.98 Å². The topological polar surface area (TPSA) is 37.4 Å². The number of nitrogens with zero attached hydrogens (tertiary/aromatic N) is 2. The Kier molecular flexibility index (Phi) is 6.46. The first-order valence-corrected chi connectivity index (χ1v) is 8.23. The lowest BCUT2D eigenvalue weighted by atomic mass is 10.1. The highest BCUT2D eigenvalue weighted by atomic mass is 16.5. The van der Waals surface area contributed by atoms with Crippen molar-refractivity contribution < 1.29 is 4.74 Å². The summed E-state index contributed by atoms with van der Waals surface area (Å²) in [7, 11) is 2.21. The first-order valence-electron chi connectivity index (χ1n) is 8.23. The molecule has 118 valence electrons. The van der Waals surface area contributed by atoms with E-state index in [2.05, 4.69) is 42.2 Å². The molecule has 1 aliphatic rings. The van der Waals surface area contributed by atoms with Gasteiger partial charge in [0.1, 0.15) is 0 Å². The number of likely N-dealkylation sites (tertiary alicyclic amines) is 1. The molecule has 2 atom stereocenters. The Labute approximate surface area is 128 Å². The van der Waals surface area contributed by atoms with Crippen LogP contribution in [-0.4, -0.2) is 42.7 Å². The average Bonchev–Trinajstić information content (AvgIpc) is 2.91. The van der Waals surface area contributed by atoms with E-state index in [0.29, 0.717) is 6.04 Å². The number of rotatable bonds is 8. The smallest absolute Gasteiger partial charge is 0.218 e. The van der Waals surface area contributed by atoms with Crippen molar-refractivity contribution >= 4 is 0 Å². The average molecular weight is 291 g/mol. The van der Waals surface area contributed by atoms with Gasteiger partial charge in [0.2, 0.25) is 5.88 Å². The molecule has 4 nitrogen and oxygen atoms in total. The van der Waals surface area contributed by atoms with E-state index < -0.39 is 0 Å². The fraction of sp³-hybridized carbons (Fsp3) is 0.706. The summed E-state index contributed by atoms with van der Waals surface area (Å²) in [5.74, 6) is 0.786. The molecule has 0 aromatic carbocycles. The number of nitrogens with one attached hydrogen (secondary N) is 1. The molecule has 1 fully saturated rings. The predicted molar refractivity (Wildman–Crippen MR) is 86.7 cm³/mol. The minimum absolute atomic E-state index is 0.280. The van der Waals surface area contributed by atoms with Gasteiger partial charge in [0, 0.05) is 23.8 Å². The van der Waals surface area contributed by atoms with E-state index in [4.69, 9.17) is 4.74 Å². The zero-order valence-corrected chi connectivity index (χ0v) is 13.6. The van der Waals surface area contributed by atoms with Crippen molar-refractivity contribution in [3.05, 3.63) is 23.9 Å². The second-order valence-electron chi connectivity index (χ2n) is 5.99. The molecule has 0 spiro atoms. The van der Waals surface area contributed by atoms with E-state index in [1.165, 1.54) is 19.4 Å². The van der Waals surface area contributed by atoms with Crippen molar-refractivity contribution in [3.63, 3.8) is 0 Å². The van der Waals surface area contributed by atoms with Gasteiger partial charge in [-0.05, 0) is 58.8 Å². The van der Waals surface area contributed by atoms with E-state index in [0.717, 1.165) is 37.4 Å². The Bertz CT molecular complexity index is 424. The van der Waals surface area contributed by atoms with Crippen LogP contribution in [0.1, 0.15) is 51.1 Å². The molecule has 0 bridgehead atoms. The third-order valence-electron chi connectivity index (χ3n) is 4.33. The summed E-state index contributed by atoms with van der Waals surface area (Å²) in [6.07, 6.45) is 6.64. The van der Waals surface area contributed by atoms with Crippen LogP contribution in [-0.2, 0) is 0 Å². The van der Waals surface area contributed by atoms with Crippen LogP contribution in [0.5, 0.6) is 5.88 Å². The van der Waals surface area contributed by atoms with Crippen LogP contribution in [0.2, 0.25) is 0 Å². The third kappa shape index (κ3) is 4.68. The van der Waals surface area contributed by atoms with Crippen LogP contribution in [0.4, 0.5) is 0 Å². The normalized spacial score (nSPS) is 20.6. The van der Waals surface area contributed by atoms with E-state index in [-0.39, 0.29) is 6.04 Å². The largest absolute Gasteiger partial charge is 0.477 e. The minimum atomic E-state index is 0.280. The van der Waals surface area contributed by atoms with E-state index >= 15 is 0 Å². The van der Waals surface area contributed by atoms with Crippen molar-refractivity contribution in [2.75, 3.05) is 26.7 Å². The van der Waals surface area contributed by atoms with Crippen LogP contribution in [0.3, 0.4) is 0 Å². The van der Waals surface area contributed by atoms with Crippen molar-refractivity contribution in [1.82, 2.24) is 15.2 Å².